The van der Waals surface area contributed by atoms with Gasteiger partial charge in [0, 0.05) is 35.1 Å². The summed E-state index contributed by atoms with van der Waals surface area (Å²) in [5, 5.41) is 9.84. The predicted octanol–water partition coefficient (Wildman–Crippen LogP) is 3.23. The number of rotatable bonds is 8. The zero-order valence-corrected chi connectivity index (χ0v) is 20.9. The molecule has 2 heterocycles. The Bertz CT molecular complexity index is 1030. The quantitative estimate of drug-likeness (QED) is 0.458. The van der Waals surface area contributed by atoms with Crippen LogP contribution < -0.4 is 21.7 Å². The minimum Gasteiger partial charge on any atom is -0.369 e. The number of nitrogens with one attached hydrogen (secondary N) is 3. The van der Waals surface area contributed by atoms with Crippen LogP contribution in [0.1, 0.15) is 67.8 Å². The number of carbonyl (C=O) groups excluding carboxylic acids is 2. The zero-order chi connectivity index (χ0) is 24.9. The van der Waals surface area contributed by atoms with Crippen LogP contribution in [0.25, 0.3) is 0 Å². The molecule has 0 spiro atoms. The van der Waals surface area contributed by atoms with E-state index in [1.54, 1.807) is 0 Å². The fourth-order valence-electron chi connectivity index (χ4n) is 4.89. The van der Waals surface area contributed by atoms with Crippen LogP contribution in [-0.2, 0) is 4.79 Å². The third-order valence-electron chi connectivity index (χ3n) is 7.10. The summed E-state index contributed by atoms with van der Waals surface area (Å²) in [4.78, 5) is 36.0. The highest BCUT2D eigenvalue weighted by atomic mass is 16.2. The van der Waals surface area contributed by atoms with Crippen LogP contribution in [0.3, 0.4) is 0 Å². The van der Waals surface area contributed by atoms with Crippen LogP contribution in [-0.4, -0.2) is 58.9 Å². The number of amides is 2. The van der Waals surface area contributed by atoms with Gasteiger partial charge in [-0.2, -0.15) is 4.98 Å². The average Bonchev–Trinajstić information content (AvgIpc) is 3.29. The van der Waals surface area contributed by atoms with Crippen molar-refractivity contribution in [2.45, 2.75) is 64.0 Å². The number of carbonyl (C=O) groups is 2. The first-order valence-electron chi connectivity index (χ1n) is 12.6. The summed E-state index contributed by atoms with van der Waals surface area (Å²) in [5.74, 6) is 0.907. The average molecular weight is 480 g/mol. The molecule has 4 rings (SSSR count). The van der Waals surface area contributed by atoms with Crippen molar-refractivity contribution in [3.63, 3.8) is 0 Å². The Morgan fingerprint density at radius 1 is 1.09 bits per heavy atom. The van der Waals surface area contributed by atoms with Crippen LogP contribution in [0.15, 0.2) is 30.5 Å². The minimum absolute atomic E-state index is 0.0184. The van der Waals surface area contributed by atoms with E-state index in [2.05, 4.69) is 46.7 Å². The van der Waals surface area contributed by atoms with Crippen LogP contribution in [0.2, 0.25) is 0 Å². The maximum Gasteiger partial charge on any atom is 0.251 e. The fourth-order valence-corrected chi connectivity index (χ4v) is 4.89. The molecule has 35 heavy (non-hydrogen) atoms. The number of nitrogens with two attached hydrogens (primary N) is 1. The number of aromatic nitrogens is 2. The Morgan fingerprint density at radius 2 is 1.80 bits per heavy atom. The Hall–Kier alpha value is -3.20. The number of primary amides is 1. The summed E-state index contributed by atoms with van der Waals surface area (Å²) < 4.78 is 0. The highest BCUT2D eigenvalue weighted by Crippen LogP contribution is 2.31. The van der Waals surface area contributed by atoms with Crippen LogP contribution in [0.5, 0.6) is 0 Å². The second-order valence-corrected chi connectivity index (χ2v) is 10.1. The Labute approximate surface area is 207 Å². The molecule has 188 valence electrons. The minimum atomic E-state index is -0.265. The van der Waals surface area contributed by atoms with Gasteiger partial charge >= 0.3 is 0 Å². The van der Waals surface area contributed by atoms with Gasteiger partial charge in [0.25, 0.3) is 5.91 Å². The van der Waals surface area contributed by atoms with Crippen molar-refractivity contribution in [1.82, 2.24) is 20.2 Å². The summed E-state index contributed by atoms with van der Waals surface area (Å²) in [6.07, 6.45) is 6.43. The summed E-state index contributed by atoms with van der Waals surface area (Å²) in [6.45, 7) is 6.19. The Balaban J connectivity index is 1.42. The molecule has 1 aromatic carbocycles. The molecular formula is C26H37N7O2. The van der Waals surface area contributed by atoms with Gasteiger partial charge in [-0.3, -0.25) is 9.59 Å². The maximum atomic E-state index is 12.6. The van der Waals surface area contributed by atoms with Gasteiger partial charge in [-0.25, -0.2) is 4.98 Å². The number of likely N-dealkylation sites (tertiary alicyclic amines) is 1. The topological polar surface area (TPSA) is 125 Å². The number of piperidine rings is 1. The molecule has 2 aromatic rings. The Morgan fingerprint density at radius 3 is 2.46 bits per heavy atom. The molecule has 2 atom stereocenters. The zero-order valence-electron chi connectivity index (χ0n) is 20.9. The molecular weight excluding hydrogens is 442 g/mol. The van der Waals surface area contributed by atoms with Crippen molar-refractivity contribution >= 4 is 29.3 Å². The van der Waals surface area contributed by atoms with Crippen molar-refractivity contribution in [3.8, 4) is 0 Å². The summed E-state index contributed by atoms with van der Waals surface area (Å²) in [6, 6.07) is 7.54. The van der Waals surface area contributed by atoms with Crippen molar-refractivity contribution in [2.75, 3.05) is 30.8 Å². The molecule has 2 fully saturated rings. The van der Waals surface area contributed by atoms with Crippen LogP contribution >= 0.6 is 0 Å². The summed E-state index contributed by atoms with van der Waals surface area (Å²) >= 11 is 0. The van der Waals surface area contributed by atoms with E-state index in [0.29, 0.717) is 11.5 Å². The lowest BCUT2D eigenvalue weighted by molar-refractivity contribution is -0.121. The normalized spacial score (nSPS) is 21.1. The standard InChI is InChI=1S/C26H37N7O2/c1-16(2)21-15-28-26(32-24(21)31-22-6-4-5-20(22)23(27)34)30-18-9-7-17(8-10-18)25(35)29-19-11-13-33(3)14-12-19/h7-10,15-16,19-20,22H,4-6,11-14H2,1-3H3,(H2,27,34)(H,29,35)(H2,28,30,31,32)/t20-,22+/m0/s1. The molecule has 1 saturated carbocycles. The van der Waals surface area contributed by atoms with Crippen molar-refractivity contribution < 1.29 is 9.59 Å². The fraction of sp³-hybridized carbons (Fsp3) is 0.538. The van der Waals surface area contributed by atoms with Crippen LogP contribution in [0, 0.1) is 5.92 Å². The number of benzene rings is 1. The van der Waals surface area contributed by atoms with E-state index in [0.717, 1.165) is 62.3 Å². The van der Waals surface area contributed by atoms with Gasteiger partial charge < -0.3 is 26.6 Å². The molecule has 9 nitrogen and oxygen atoms in total. The number of hydrogen-bond acceptors (Lipinski definition) is 7. The monoisotopic (exact) mass is 479 g/mol. The maximum absolute atomic E-state index is 12.6. The molecule has 1 aromatic heterocycles. The lowest BCUT2D eigenvalue weighted by Crippen LogP contribution is -2.43. The van der Waals surface area contributed by atoms with Crippen molar-refractivity contribution in [1.29, 1.82) is 0 Å². The molecule has 1 aliphatic heterocycles. The highest BCUT2D eigenvalue weighted by molar-refractivity contribution is 5.94. The second kappa shape index (κ2) is 11.0. The second-order valence-electron chi connectivity index (χ2n) is 10.1. The lowest BCUT2D eigenvalue weighted by Gasteiger charge is -2.29. The summed E-state index contributed by atoms with van der Waals surface area (Å²) in [7, 11) is 2.11. The molecule has 9 heteroatoms. The van der Waals surface area contributed by atoms with E-state index in [9.17, 15) is 9.59 Å². The number of anilines is 3. The third kappa shape index (κ3) is 6.28. The van der Waals surface area contributed by atoms with Gasteiger partial charge in [-0.15, -0.1) is 0 Å². The van der Waals surface area contributed by atoms with Gasteiger partial charge in [0.15, 0.2) is 0 Å². The smallest absolute Gasteiger partial charge is 0.251 e. The van der Waals surface area contributed by atoms with E-state index in [-0.39, 0.29) is 35.7 Å². The molecule has 0 radical (unpaired) electrons. The van der Waals surface area contributed by atoms with E-state index in [1.807, 2.05) is 30.5 Å². The largest absolute Gasteiger partial charge is 0.369 e. The molecule has 1 saturated heterocycles. The lowest BCUT2D eigenvalue weighted by atomic mass is 10.0. The van der Waals surface area contributed by atoms with Crippen molar-refractivity contribution in [2.24, 2.45) is 11.7 Å². The Kier molecular flexibility index (Phi) is 7.85. The van der Waals surface area contributed by atoms with E-state index < -0.39 is 0 Å². The predicted molar refractivity (Wildman–Crippen MR) is 138 cm³/mol. The summed E-state index contributed by atoms with van der Waals surface area (Å²) in [5.41, 5.74) is 8.02. The highest BCUT2D eigenvalue weighted by Gasteiger charge is 2.32. The van der Waals surface area contributed by atoms with E-state index in [4.69, 9.17) is 10.7 Å². The first-order chi connectivity index (χ1) is 16.8. The van der Waals surface area contributed by atoms with Crippen molar-refractivity contribution in [3.05, 3.63) is 41.6 Å². The molecule has 1 aliphatic carbocycles. The molecule has 0 bridgehead atoms. The molecule has 2 aliphatic rings. The first kappa shape index (κ1) is 24.9. The number of hydrogen-bond donors (Lipinski definition) is 4. The van der Waals surface area contributed by atoms with Gasteiger partial charge in [0.1, 0.15) is 5.82 Å². The van der Waals surface area contributed by atoms with Gasteiger partial charge in [0.2, 0.25) is 11.9 Å². The SMILES string of the molecule is CC(C)c1cnc(Nc2ccc(C(=O)NC3CCN(C)CC3)cc2)nc1N[C@@H]1CCC[C@@H]1C(N)=O. The molecule has 2 amide bonds. The van der Waals surface area contributed by atoms with Gasteiger partial charge in [0.05, 0.1) is 5.92 Å². The number of nitrogens with zero attached hydrogens (tertiary/aromatic N) is 3. The molecule has 0 unspecified atom stereocenters. The van der Waals surface area contributed by atoms with Gasteiger partial charge in [-0.05, 0) is 76.0 Å². The molecule has 5 N–H and O–H groups in total. The van der Waals surface area contributed by atoms with Crippen LogP contribution in [0.4, 0.5) is 17.5 Å². The first-order valence-corrected chi connectivity index (χ1v) is 12.6. The van der Waals surface area contributed by atoms with E-state index in [1.165, 1.54) is 0 Å². The van der Waals surface area contributed by atoms with E-state index >= 15 is 0 Å². The van der Waals surface area contributed by atoms with Gasteiger partial charge in [-0.1, -0.05) is 20.3 Å². The third-order valence-corrected chi connectivity index (χ3v) is 7.10.